The van der Waals surface area contributed by atoms with E-state index in [9.17, 15) is 4.39 Å². The van der Waals surface area contributed by atoms with Crippen molar-refractivity contribution in [1.29, 1.82) is 5.41 Å². The Kier molecular flexibility index (Phi) is 4.20. The Morgan fingerprint density at radius 1 is 1.47 bits per heavy atom. The van der Waals surface area contributed by atoms with E-state index in [0.29, 0.717) is 11.6 Å². The second-order valence-corrected chi connectivity index (χ2v) is 5.66. The van der Waals surface area contributed by atoms with Crippen LogP contribution < -0.4 is 5.73 Å². The third-order valence-corrected chi connectivity index (χ3v) is 4.01. The second-order valence-electron chi connectivity index (χ2n) is 5.66. The van der Waals surface area contributed by atoms with E-state index in [1.807, 2.05) is 0 Å². The molecule has 0 amide bonds. The maximum absolute atomic E-state index is 13.2. The molecule has 1 aromatic rings. The van der Waals surface area contributed by atoms with E-state index < -0.39 is 0 Å². The fourth-order valence-corrected chi connectivity index (χ4v) is 2.85. The number of nitrogens with two attached hydrogens (primary N) is 1. The van der Waals surface area contributed by atoms with Gasteiger partial charge in [-0.3, -0.25) is 10.3 Å². The fraction of sp³-hybridized carbons (Fsp3) is 0.533. The molecule has 0 aromatic heterocycles. The fourth-order valence-electron chi connectivity index (χ4n) is 2.85. The molecule has 1 fully saturated rings. The first kappa shape index (κ1) is 14.0. The highest BCUT2D eigenvalue weighted by atomic mass is 19.1. The summed E-state index contributed by atoms with van der Waals surface area (Å²) in [6.45, 7) is 6.31. The standard InChI is InChI=1S/C15H22FN3/c1-10-5-6-19(11(2)7-10)9-12-3-4-13(16)8-14(12)15(17)18/h3-4,8,10-11H,5-7,9H2,1-2H3,(H3,17,18). The van der Waals surface area contributed by atoms with Crippen LogP contribution in [0.1, 0.15) is 37.8 Å². The average molecular weight is 263 g/mol. The summed E-state index contributed by atoms with van der Waals surface area (Å²) in [6, 6.07) is 5.07. The van der Waals surface area contributed by atoms with Gasteiger partial charge in [-0.05, 0) is 49.9 Å². The van der Waals surface area contributed by atoms with Crippen LogP contribution in [0.3, 0.4) is 0 Å². The first-order valence-corrected chi connectivity index (χ1v) is 6.84. The quantitative estimate of drug-likeness (QED) is 0.651. The number of rotatable bonds is 3. The average Bonchev–Trinajstić information content (AvgIpc) is 2.34. The Balaban J connectivity index is 2.17. The van der Waals surface area contributed by atoms with Gasteiger partial charge in [0.1, 0.15) is 11.7 Å². The molecule has 0 radical (unpaired) electrons. The maximum atomic E-state index is 13.2. The molecule has 104 valence electrons. The van der Waals surface area contributed by atoms with Crippen LogP contribution in [0.15, 0.2) is 18.2 Å². The number of nitrogens with one attached hydrogen (secondary N) is 1. The van der Waals surface area contributed by atoms with Crippen LogP contribution >= 0.6 is 0 Å². The lowest BCUT2D eigenvalue weighted by Crippen LogP contribution is -2.40. The Morgan fingerprint density at radius 3 is 2.84 bits per heavy atom. The zero-order chi connectivity index (χ0) is 14.0. The monoisotopic (exact) mass is 263 g/mol. The first-order valence-electron chi connectivity index (χ1n) is 6.84. The van der Waals surface area contributed by atoms with Crippen molar-refractivity contribution in [2.75, 3.05) is 6.54 Å². The van der Waals surface area contributed by atoms with Crippen LogP contribution in [0.5, 0.6) is 0 Å². The maximum Gasteiger partial charge on any atom is 0.123 e. The number of hydrogen-bond donors (Lipinski definition) is 2. The van der Waals surface area contributed by atoms with E-state index in [4.69, 9.17) is 11.1 Å². The third-order valence-electron chi connectivity index (χ3n) is 4.01. The van der Waals surface area contributed by atoms with Crippen LogP contribution in [-0.2, 0) is 6.54 Å². The number of benzene rings is 1. The molecule has 0 bridgehead atoms. The van der Waals surface area contributed by atoms with Crippen molar-refractivity contribution in [2.24, 2.45) is 11.7 Å². The van der Waals surface area contributed by atoms with E-state index >= 15 is 0 Å². The first-order chi connectivity index (χ1) is 8.97. The Morgan fingerprint density at radius 2 is 2.21 bits per heavy atom. The number of nitrogen functional groups attached to an aromatic ring is 1. The van der Waals surface area contributed by atoms with Gasteiger partial charge in [-0.2, -0.15) is 0 Å². The smallest absolute Gasteiger partial charge is 0.123 e. The van der Waals surface area contributed by atoms with Gasteiger partial charge in [-0.1, -0.05) is 13.0 Å². The van der Waals surface area contributed by atoms with Gasteiger partial charge < -0.3 is 5.73 Å². The molecule has 0 saturated carbocycles. The number of nitrogens with zero attached hydrogens (tertiary/aromatic N) is 1. The summed E-state index contributed by atoms with van der Waals surface area (Å²) < 4.78 is 13.2. The SMILES string of the molecule is CC1CCN(Cc2ccc(F)cc2C(=N)N)C(C)C1. The van der Waals surface area contributed by atoms with Crippen LogP contribution in [0.25, 0.3) is 0 Å². The van der Waals surface area contributed by atoms with Gasteiger partial charge in [-0.25, -0.2) is 4.39 Å². The molecule has 0 aliphatic carbocycles. The van der Waals surface area contributed by atoms with Crippen molar-refractivity contribution in [3.05, 3.63) is 35.1 Å². The van der Waals surface area contributed by atoms with Gasteiger partial charge in [-0.15, -0.1) is 0 Å². The second kappa shape index (κ2) is 5.70. The summed E-state index contributed by atoms with van der Waals surface area (Å²) in [5.74, 6) is 0.369. The molecule has 2 atom stereocenters. The van der Waals surface area contributed by atoms with Crippen molar-refractivity contribution >= 4 is 5.84 Å². The zero-order valence-corrected chi connectivity index (χ0v) is 11.6. The topological polar surface area (TPSA) is 53.1 Å². The Hall–Kier alpha value is -1.42. The molecule has 4 heteroatoms. The van der Waals surface area contributed by atoms with E-state index in [1.54, 1.807) is 6.07 Å². The minimum Gasteiger partial charge on any atom is -0.384 e. The molecule has 19 heavy (non-hydrogen) atoms. The largest absolute Gasteiger partial charge is 0.384 e. The molecule has 0 spiro atoms. The normalized spacial score (nSPS) is 24.4. The molecular formula is C15H22FN3. The highest BCUT2D eigenvalue weighted by Gasteiger charge is 2.23. The van der Waals surface area contributed by atoms with E-state index in [0.717, 1.165) is 24.6 Å². The molecule has 3 nitrogen and oxygen atoms in total. The lowest BCUT2D eigenvalue weighted by Gasteiger charge is -2.36. The van der Waals surface area contributed by atoms with Crippen molar-refractivity contribution in [2.45, 2.75) is 39.3 Å². The minimum atomic E-state index is -0.339. The highest BCUT2D eigenvalue weighted by molar-refractivity contribution is 5.96. The summed E-state index contributed by atoms with van der Waals surface area (Å²) in [5, 5.41) is 7.57. The van der Waals surface area contributed by atoms with E-state index in [-0.39, 0.29) is 11.7 Å². The summed E-state index contributed by atoms with van der Waals surface area (Å²) in [5.41, 5.74) is 7.00. The molecule has 1 heterocycles. The Bertz CT molecular complexity index is 472. The third kappa shape index (κ3) is 3.32. The lowest BCUT2D eigenvalue weighted by atomic mass is 9.92. The summed E-state index contributed by atoms with van der Waals surface area (Å²) in [7, 11) is 0. The number of amidine groups is 1. The number of likely N-dealkylation sites (tertiary alicyclic amines) is 1. The van der Waals surface area contributed by atoms with Crippen LogP contribution in [0.4, 0.5) is 4.39 Å². The summed E-state index contributed by atoms with van der Waals surface area (Å²) in [4.78, 5) is 2.39. The molecule has 3 N–H and O–H groups in total. The molecule has 1 aromatic carbocycles. The number of hydrogen-bond acceptors (Lipinski definition) is 2. The molecule has 2 unspecified atom stereocenters. The van der Waals surface area contributed by atoms with Crippen LogP contribution in [-0.4, -0.2) is 23.3 Å². The van der Waals surface area contributed by atoms with E-state index in [1.165, 1.54) is 25.0 Å². The predicted molar refractivity (Wildman–Crippen MR) is 75.7 cm³/mol. The molecule has 2 rings (SSSR count). The Labute approximate surface area is 114 Å². The highest BCUT2D eigenvalue weighted by Crippen LogP contribution is 2.24. The number of piperidine rings is 1. The van der Waals surface area contributed by atoms with Gasteiger partial charge >= 0.3 is 0 Å². The molecule has 1 aliphatic rings. The van der Waals surface area contributed by atoms with Gasteiger partial charge in [0.25, 0.3) is 0 Å². The lowest BCUT2D eigenvalue weighted by molar-refractivity contribution is 0.122. The molecular weight excluding hydrogens is 241 g/mol. The zero-order valence-electron chi connectivity index (χ0n) is 11.6. The van der Waals surface area contributed by atoms with Crippen molar-refractivity contribution in [3.63, 3.8) is 0 Å². The number of halogens is 1. The van der Waals surface area contributed by atoms with Crippen molar-refractivity contribution < 1.29 is 4.39 Å². The summed E-state index contributed by atoms with van der Waals surface area (Å²) >= 11 is 0. The van der Waals surface area contributed by atoms with Gasteiger partial charge in [0.2, 0.25) is 0 Å². The van der Waals surface area contributed by atoms with Gasteiger partial charge in [0, 0.05) is 18.2 Å². The predicted octanol–water partition coefficient (Wildman–Crippen LogP) is 2.73. The van der Waals surface area contributed by atoms with Crippen LogP contribution in [0, 0.1) is 17.1 Å². The molecule has 1 saturated heterocycles. The van der Waals surface area contributed by atoms with Crippen molar-refractivity contribution in [1.82, 2.24) is 4.90 Å². The van der Waals surface area contributed by atoms with Gasteiger partial charge in [0.15, 0.2) is 0 Å². The van der Waals surface area contributed by atoms with Gasteiger partial charge in [0.05, 0.1) is 0 Å². The molecule has 1 aliphatic heterocycles. The summed E-state index contributed by atoms with van der Waals surface area (Å²) in [6.07, 6.45) is 2.39. The van der Waals surface area contributed by atoms with Crippen molar-refractivity contribution in [3.8, 4) is 0 Å². The van der Waals surface area contributed by atoms with Crippen LogP contribution in [0.2, 0.25) is 0 Å². The minimum absolute atomic E-state index is 0.0625. The van der Waals surface area contributed by atoms with E-state index in [2.05, 4.69) is 18.7 Å².